The Bertz CT molecular complexity index is 600. The summed E-state index contributed by atoms with van der Waals surface area (Å²) in [6.45, 7) is 1.78. The molecule has 5 heteroatoms. The minimum Gasteiger partial charge on any atom is -0.508 e. The van der Waals surface area contributed by atoms with Gasteiger partial charge in [-0.15, -0.1) is 0 Å². The van der Waals surface area contributed by atoms with E-state index in [1.165, 1.54) is 17.8 Å². The van der Waals surface area contributed by atoms with Crippen LogP contribution < -0.4 is 11.5 Å². The first-order valence-corrected chi connectivity index (χ1v) is 6.14. The molecule has 0 saturated carbocycles. The normalized spacial score (nSPS) is 10.5. The first kappa shape index (κ1) is 12.4. The summed E-state index contributed by atoms with van der Waals surface area (Å²) in [6, 6.07) is 8.02. The summed E-state index contributed by atoms with van der Waals surface area (Å²) < 4.78 is 0. The van der Waals surface area contributed by atoms with E-state index < -0.39 is 0 Å². The number of aryl methyl sites for hydroxylation is 1. The molecule has 0 aliphatic carbocycles. The second-order valence-electron chi connectivity index (χ2n) is 4.00. The quantitative estimate of drug-likeness (QED) is 0.493. The van der Waals surface area contributed by atoms with Gasteiger partial charge in [-0.05, 0) is 42.8 Å². The molecule has 18 heavy (non-hydrogen) atoms. The molecule has 0 amide bonds. The molecule has 2 aromatic carbocycles. The molecule has 0 aliphatic heterocycles. The highest BCUT2D eigenvalue weighted by atomic mass is 32.2. The molecular weight excluding hydrogens is 248 g/mol. The van der Waals surface area contributed by atoms with Crippen LogP contribution in [0.5, 0.6) is 11.5 Å². The van der Waals surface area contributed by atoms with E-state index in [2.05, 4.69) is 0 Å². The van der Waals surface area contributed by atoms with Crippen molar-refractivity contribution in [2.45, 2.75) is 16.7 Å². The topological polar surface area (TPSA) is 92.5 Å². The molecule has 0 aliphatic rings. The number of benzene rings is 2. The Morgan fingerprint density at radius 2 is 1.61 bits per heavy atom. The molecule has 0 bridgehead atoms. The predicted octanol–water partition coefficient (Wildman–Crippen LogP) is 2.72. The third kappa shape index (κ3) is 2.46. The molecule has 6 N–H and O–H groups in total. The van der Waals surface area contributed by atoms with Crippen LogP contribution in [0.15, 0.2) is 40.1 Å². The maximum atomic E-state index is 9.68. The monoisotopic (exact) mass is 262 g/mol. The summed E-state index contributed by atoms with van der Waals surface area (Å²) in [7, 11) is 0. The number of phenolic OH excluding ortho intramolecular Hbond substituents is 2. The number of hydrogen-bond donors (Lipinski definition) is 4. The highest BCUT2D eigenvalue weighted by Gasteiger charge is 2.09. The highest BCUT2D eigenvalue weighted by Crippen LogP contribution is 2.39. The van der Waals surface area contributed by atoms with Crippen LogP contribution in [0.1, 0.15) is 5.56 Å². The van der Waals surface area contributed by atoms with Crippen LogP contribution in [0.2, 0.25) is 0 Å². The summed E-state index contributed by atoms with van der Waals surface area (Å²) in [5.41, 5.74) is 13.6. The Hall–Kier alpha value is -2.01. The molecule has 0 aromatic heterocycles. The number of hydrogen-bond acceptors (Lipinski definition) is 5. The zero-order valence-electron chi connectivity index (χ0n) is 9.84. The summed E-state index contributed by atoms with van der Waals surface area (Å²) in [6.07, 6.45) is 0. The van der Waals surface area contributed by atoms with Crippen molar-refractivity contribution in [1.82, 2.24) is 0 Å². The first-order valence-electron chi connectivity index (χ1n) is 5.33. The number of phenols is 2. The van der Waals surface area contributed by atoms with E-state index in [1.54, 1.807) is 31.2 Å². The summed E-state index contributed by atoms with van der Waals surface area (Å²) in [5, 5.41) is 19.1. The summed E-state index contributed by atoms with van der Waals surface area (Å²) in [4.78, 5) is 1.40. The number of nitrogens with two attached hydrogens (primary N) is 2. The highest BCUT2D eigenvalue weighted by molar-refractivity contribution is 7.99. The number of nitrogen functional groups attached to an aromatic ring is 2. The van der Waals surface area contributed by atoms with Crippen molar-refractivity contribution in [3.05, 3.63) is 35.9 Å². The van der Waals surface area contributed by atoms with E-state index in [-0.39, 0.29) is 11.5 Å². The lowest BCUT2D eigenvalue weighted by Crippen LogP contribution is -1.92. The van der Waals surface area contributed by atoms with Crippen LogP contribution >= 0.6 is 11.8 Å². The molecule has 0 heterocycles. The minimum absolute atomic E-state index is 0.140. The summed E-state index contributed by atoms with van der Waals surface area (Å²) in [5.74, 6) is 0.326. The van der Waals surface area contributed by atoms with E-state index in [0.29, 0.717) is 21.2 Å². The lowest BCUT2D eigenvalue weighted by atomic mass is 10.2. The lowest BCUT2D eigenvalue weighted by Gasteiger charge is -2.10. The molecule has 0 unspecified atom stereocenters. The molecule has 0 fully saturated rings. The van der Waals surface area contributed by atoms with Gasteiger partial charge in [-0.25, -0.2) is 0 Å². The largest absolute Gasteiger partial charge is 0.508 e. The van der Waals surface area contributed by atoms with Crippen LogP contribution in [0.25, 0.3) is 0 Å². The molecule has 2 rings (SSSR count). The van der Waals surface area contributed by atoms with Gasteiger partial charge in [-0.1, -0.05) is 11.8 Å². The Morgan fingerprint density at radius 3 is 2.33 bits per heavy atom. The Morgan fingerprint density at radius 1 is 0.944 bits per heavy atom. The third-order valence-corrected chi connectivity index (χ3v) is 3.69. The van der Waals surface area contributed by atoms with Gasteiger partial charge in [-0.2, -0.15) is 0 Å². The lowest BCUT2D eigenvalue weighted by molar-refractivity contribution is 0.470. The van der Waals surface area contributed by atoms with Crippen molar-refractivity contribution < 1.29 is 10.2 Å². The van der Waals surface area contributed by atoms with E-state index >= 15 is 0 Å². The smallest absolute Gasteiger partial charge is 0.119 e. The molecule has 0 atom stereocenters. The van der Waals surface area contributed by atoms with Gasteiger partial charge >= 0.3 is 0 Å². The first-order chi connectivity index (χ1) is 8.47. The molecule has 94 valence electrons. The fourth-order valence-corrected chi connectivity index (χ4v) is 2.47. The molecule has 0 radical (unpaired) electrons. The maximum Gasteiger partial charge on any atom is 0.119 e. The fraction of sp³-hybridized carbons (Fsp3) is 0.0769. The number of rotatable bonds is 2. The molecule has 2 aromatic rings. The maximum absolute atomic E-state index is 9.68. The zero-order valence-corrected chi connectivity index (χ0v) is 10.7. The van der Waals surface area contributed by atoms with E-state index in [1.807, 2.05) is 0 Å². The average molecular weight is 262 g/mol. The molecule has 0 saturated heterocycles. The van der Waals surface area contributed by atoms with Gasteiger partial charge in [0.25, 0.3) is 0 Å². The van der Waals surface area contributed by atoms with E-state index in [4.69, 9.17) is 11.5 Å². The van der Waals surface area contributed by atoms with Crippen LogP contribution in [-0.2, 0) is 0 Å². The van der Waals surface area contributed by atoms with Crippen LogP contribution in [0.3, 0.4) is 0 Å². The second kappa shape index (κ2) is 4.70. The summed E-state index contributed by atoms with van der Waals surface area (Å²) >= 11 is 1.31. The molecular formula is C13H14N2O2S. The van der Waals surface area contributed by atoms with Crippen LogP contribution in [0, 0.1) is 6.92 Å². The number of anilines is 2. The predicted molar refractivity (Wildman–Crippen MR) is 73.9 cm³/mol. The van der Waals surface area contributed by atoms with Crippen molar-refractivity contribution in [2.75, 3.05) is 11.5 Å². The molecule has 4 nitrogen and oxygen atoms in total. The fourth-order valence-electron chi connectivity index (χ4n) is 1.52. The van der Waals surface area contributed by atoms with Gasteiger partial charge in [0, 0.05) is 21.2 Å². The van der Waals surface area contributed by atoms with Gasteiger partial charge in [-0.3, -0.25) is 0 Å². The van der Waals surface area contributed by atoms with Crippen molar-refractivity contribution in [1.29, 1.82) is 0 Å². The Balaban J connectivity index is 2.40. The third-order valence-electron chi connectivity index (χ3n) is 2.55. The van der Waals surface area contributed by atoms with Crippen molar-refractivity contribution >= 4 is 23.1 Å². The van der Waals surface area contributed by atoms with Gasteiger partial charge < -0.3 is 21.7 Å². The van der Waals surface area contributed by atoms with Crippen molar-refractivity contribution in [3.63, 3.8) is 0 Å². The van der Waals surface area contributed by atoms with E-state index in [9.17, 15) is 10.2 Å². The second-order valence-corrected chi connectivity index (χ2v) is 5.08. The minimum atomic E-state index is 0.140. The Kier molecular flexibility index (Phi) is 3.25. The van der Waals surface area contributed by atoms with Crippen LogP contribution in [0.4, 0.5) is 11.4 Å². The van der Waals surface area contributed by atoms with Gasteiger partial charge in [0.15, 0.2) is 0 Å². The van der Waals surface area contributed by atoms with Crippen molar-refractivity contribution in [2.24, 2.45) is 0 Å². The molecule has 0 spiro atoms. The average Bonchev–Trinajstić information content (AvgIpc) is 2.30. The van der Waals surface area contributed by atoms with Crippen LogP contribution in [-0.4, -0.2) is 10.2 Å². The van der Waals surface area contributed by atoms with Crippen molar-refractivity contribution in [3.8, 4) is 11.5 Å². The standard InChI is InChI=1S/C13H14N2O2S/c1-7-4-10(15)13(6-11(7)17)18-12-5-8(16)2-3-9(12)14/h2-6,16-17H,14-15H2,1H3. The zero-order chi connectivity index (χ0) is 13.3. The van der Waals surface area contributed by atoms with Gasteiger partial charge in [0.05, 0.1) is 0 Å². The number of aromatic hydroxyl groups is 2. The van der Waals surface area contributed by atoms with Gasteiger partial charge in [0.1, 0.15) is 11.5 Å². The Labute approximate surface area is 109 Å². The SMILES string of the molecule is Cc1cc(N)c(Sc2cc(O)ccc2N)cc1O. The van der Waals surface area contributed by atoms with E-state index in [0.717, 1.165) is 5.56 Å². The van der Waals surface area contributed by atoms with Gasteiger partial charge in [0.2, 0.25) is 0 Å².